The van der Waals surface area contributed by atoms with Crippen molar-refractivity contribution >= 4 is 28.4 Å². The molecule has 0 saturated heterocycles. The summed E-state index contributed by atoms with van der Waals surface area (Å²) in [5.41, 5.74) is 3.39. The Balaban J connectivity index is 1.68. The molecule has 0 aromatic carbocycles. The predicted molar refractivity (Wildman–Crippen MR) is 114 cm³/mol. The number of hydrogen-bond donors (Lipinski definition) is 3. The number of anilines is 1. The van der Waals surface area contributed by atoms with Crippen LogP contribution in [0.15, 0.2) is 36.8 Å². The van der Waals surface area contributed by atoms with Crippen LogP contribution in [-0.4, -0.2) is 54.4 Å². The van der Waals surface area contributed by atoms with Crippen molar-refractivity contribution in [3.63, 3.8) is 0 Å². The molecular formula is C21H23N7O2. The third kappa shape index (κ3) is 2.89. The van der Waals surface area contributed by atoms with Gasteiger partial charge in [-0.25, -0.2) is 9.97 Å². The van der Waals surface area contributed by atoms with Gasteiger partial charge >= 0.3 is 0 Å². The van der Waals surface area contributed by atoms with Crippen LogP contribution in [0.1, 0.15) is 36.7 Å². The molecule has 1 amide bonds. The van der Waals surface area contributed by atoms with E-state index in [1.54, 1.807) is 17.8 Å². The summed E-state index contributed by atoms with van der Waals surface area (Å²) in [5.74, 6) is 0.430. The lowest BCUT2D eigenvalue weighted by Crippen LogP contribution is -2.27. The minimum absolute atomic E-state index is 0.200. The Kier molecular flexibility index (Phi) is 4.21. The minimum Gasteiger partial charge on any atom is -0.391 e. The first-order valence-corrected chi connectivity index (χ1v) is 9.99. The maximum atomic E-state index is 12.7. The Morgan fingerprint density at radius 3 is 2.83 bits per heavy atom. The maximum absolute atomic E-state index is 12.7. The highest BCUT2D eigenvalue weighted by Crippen LogP contribution is 2.32. The number of hydrogen-bond acceptors (Lipinski definition) is 6. The predicted octanol–water partition coefficient (Wildman–Crippen LogP) is 2.23. The van der Waals surface area contributed by atoms with Gasteiger partial charge in [-0.15, -0.1) is 0 Å². The van der Waals surface area contributed by atoms with Crippen LogP contribution < -0.4 is 10.6 Å². The molecule has 0 bridgehead atoms. The molecule has 4 aromatic rings. The maximum Gasteiger partial charge on any atom is 0.257 e. The number of aromatic nitrogens is 5. The van der Waals surface area contributed by atoms with Crippen molar-refractivity contribution in [3.05, 3.63) is 42.4 Å². The van der Waals surface area contributed by atoms with E-state index < -0.39 is 6.10 Å². The highest BCUT2D eigenvalue weighted by Gasteiger charge is 2.37. The van der Waals surface area contributed by atoms with Crippen molar-refractivity contribution < 1.29 is 9.90 Å². The van der Waals surface area contributed by atoms with Gasteiger partial charge in [-0.3, -0.25) is 4.79 Å². The molecule has 2 atom stereocenters. The molecule has 1 saturated carbocycles. The van der Waals surface area contributed by atoms with Crippen LogP contribution >= 0.6 is 0 Å². The van der Waals surface area contributed by atoms with Gasteiger partial charge in [0.25, 0.3) is 5.91 Å². The van der Waals surface area contributed by atoms with Gasteiger partial charge in [0.2, 0.25) is 0 Å². The summed E-state index contributed by atoms with van der Waals surface area (Å²) in [6.45, 7) is 4.22. The van der Waals surface area contributed by atoms with E-state index in [-0.39, 0.29) is 18.0 Å². The molecule has 1 aliphatic carbocycles. The van der Waals surface area contributed by atoms with Gasteiger partial charge in [-0.1, -0.05) is 0 Å². The van der Waals surface area contributed by atoms with Gasteiger partial charge in [-0.05, 0) is 32.4 Å². The van der Waals surface area contributed by atoms with Crippen LogP contribution in [0, 0.1) is 0 Å². The highest BCUT2D eigenvalue weighted by molar-refractivity contribution is 6.01. The Hall–Kier alpha value is -3.46. The number of nitrogens with one attached hydrogen (secondary N) is 2. The molecule has 3 N–H and O–H groups in total. The molecule has 154 valence electrons. The van der Waals surface area contributed by atoms with E-state index in [9.17, 15) is 9.90 Å². The van der Waals surface area contributed by atoms with Crippen molar-refractivity contribution in [1.82, 2.24) is 29.5 Å². The SMILES string of the molecule is CNc1cc(-c2cn(C(C)C)c3ncccc23)nc2c(C(=O)NC3C[C@H]3O)cnn12. The quantitative estimate of drug-likeness (QED) is 0.470. The van der Waals surface area contributed by atoms with E-state index in [0.29, 0.717) is 17.6 Å². The summed E-state index contributed by atoms with van der Waals surface area (Å²) in [6.07, 6.45) is 5.45. The molecule has 9 heteroatoms. The van der Waals surface area contributed by atoms with Crippen LogP contribution in [0.5, 0.6) is 0 Å². The van der Waals surface area contributed by atoms with Crippen LogP contribution in [0.25, 0.3) is 27.9 Å². The number of nitrogens with zero attached hydrogens (tertiary/aromatic N) is 5. The number of pyridine rings is 1. The molecule has 0 radical (unpaired) electrons. The monoisotopic (exact) mass is 405 g/mol. The molecule has 0 spiro atoms. The molecule has 4 aromatic heterocycles. The summed E-state index contributed by atoms with van der Waals surface area (Å²) in [4.78, 5) is 22.1. The molecule has 4 heterocycles. The van der Waals surface area contributed by atoms with Crippen LogP contribution in [0.4, 0.5) is 5.82 Å². The first-order chi connectivity index (χ1) is 14.5. The zero-order valence-electron chi connectivity index (χ0n) is 17.0. The average Bonchev–Trinajstić information content (AvgIpc) is 3.14. The molecule has 0 aliphatic heterocycles. The van der Waals surface area contributed by atoms with Crippen molar-refractivity contribution in [2.24, 2.45) is 0 Å². The second-order valence-corrected chi connectivity index (χ2v) is 7.87. The molecule has 1 aliphatic rings. The average molecular weight is 405 g/mol. The summed E-state index contributed by atoms with van der Waals surface area (Å²) in [5, 5.41) is 20.8. The molecule has 5 rings (SSSR count). The van der Waals surface area contributed by atoms with E-state index in [1.165, 1.54) is 6.20 Å². The number of aliphatic hydroxyl groups excluding tert-OH is 1. The van der Waals surface area contributed by atoms with E-state index in [4.69, 9.17) is 4.98 Å². The summed E-state index contributed by atoms with van der Waals surface area (Å²) in [6, 6.07) is 5.89. The zero-order chi connectivity index (χ0) is 21.0. The van der Waals surface area contributed by atoms with Crippen molar-refractivity contribution in [1.29, 1.82) is 0 Å². The first kappa shape index (κ1) is 18.6. The van der Waals surface area contributed by atoms with E-state index >= 15 is 0 Å². The Bertz CT molecular complexity index is 1270. The number of amides is 1. The fourth-order valence-corrected chi connectivity index (χ4v) is 3.70. The van der Waals surface area contributed by atoms with Crippen LogP contribution in [0.2, 0.25) is 0 Å². The molecule has 9 nitrogen and oxygen atoms in total. The highest BCUT2D eigenvalue weighted by atomic mass is 16.3. The normalized spacial score (nSPS) is 18.3. The summed E-state index contributed by atoms with van der Waals surface area (Å²) in [7, 11) is 1.81. The van der Waals surface area contributed by atoms with Crippen molar-refractivity contribution in [2.45, 2.75) is 38.5 Å². The minimum atomic E-state index is -0.471. The van der Waals surface area contributed by atoms with Gasteiger partial charge in [-0.2, -0.15) is 9.61 Å². The van der Waals surface area contributed by atoms with E-state index in [2.05, 4.69) is 45.3 Å². The van der Waals surface area contributed by atoms with Gasteiger partial charge in [0.1, 0.15) is 17.0 Å². The summed E-state index contributed by atoms with van der Waals surface area (Å²) >= 11 is 0. The van der Waals surface area contributed by atoms with Gasteiger partial charge in [0, 0.05) is 42.5 Å². The Morgan fingerprint density at radius 1 is 1.33 bits per heavy atom. The van der Waals surface area contributed by atoms with Gasteiger partial charge in [0.15, 0.2) is 5.65 Å². The molecule has 30 heavy (non-hydrogen) atoms. The zero-order valence-corrected chi connectivity index (χ0v) is 17.0. The third-order valence-electron chi connectivity index (χ3n) is 5.47. The van der Waals surface area contributed by atoms with Crippen LogP contribution in [0.3, 0.4) is 0 Å². The lowest BCUT2D eigenvalue weighted by Gasteiger charge is -2.08. The standard InChI is InChI=1S/C21H23N7O2/c1-11(2)27-10-14(12-5-4-6-23-19(12)27)15-8-18(22-3)28-20(25-15)13(9-24-28)21(30)26-16-7-17(16)29/h4-6,8-11,16-17,22,29H,7H2,1-3H3,(H,26,30)/t16?,17-/m1/s1. The molecule has 1 unspecified atom stereocenters. The number of carbonyl (C=O) groups is 1. The Morgan fingerprint density at radius 2 is 2.13 bits per heavy atom. The third-order valence-corrected chi connectivity index (χ3v) is 5.47. The summed E-state index contributed by atoms with van der Waals surface area (Å²) < 4.78 is 3.73. The fraction of sp³-hybridized carbons (Fsp3) is 0.333. The van der Waals surface area contributed by atoms with Crippen LogP contribution in [-0.2, 0) is 0 Å². The molecule has 1 fully saturated rings. The van der Waals surface area contributed by atoms with E-state index in [0.717, 1.165) is 28.1 Å². The number of aliphatic hydroxyl groups is 1. The first-order valence-electron chi connectivity index (χ1n) is 9.99. The number of rotatable bonds is 5. The lowest BCUT2D eigenvalue weighted by atomic mass is 10.1. The fourth-order valence-electron chi connectivity index (χ4n) is 3.70. The largest absolute Gasteiger partial charge is 0.391 e. The lowest BCUT2D eigenvalue weighted by molar-refractivity contribution is 0.0944. The topological polar surface area (TPSA) is 109 Å². The van der Waals surface area contributed by atoms with Gasteiger partial charge in [0.05, 0.1) is 24.0 Å². The van der Waals surface area contributed by atoms with Gasteiger partial charge < -0.3 is 20.3 Å². The molecular weight excluding hydrogens is 382 g/mol. The second kappa shape index (κ2) is 6.81. The number of fused-ring (bicyclic) bond motifs is 2. The van der Waals surface area contributed by atoms with Crippen molar-refractivity contribution in [3.8, 4) is 11.3 Å². The second-order valence-electron chi connectivity index (χ2n) is 7.87. The van der Waals surface area contributed by atoms with E-state index in [1.807, 2.05) is 18.2 Å². The number of carbonyl (C=O) groups excluding carboxylic acids is 1. The Labute approximate surface area is 172 Å². The van der Waals surface area contributed by atoms with Crippen molar-refractivity contribution in [2.75, 3.05) is 12.4 Å². The smallest absolute Gasteiger partial charge is 0.257 e.